The van der Waals surface area contributed by atoms with Crippen molar-refractivity contribution >= 4 is 0 Å². The lowest BCUT2D eigenvalue weighted by Crippen LogP contribution is -2.20. The van der Waals surface area contributed by atoms with Crippen molar-refractivity contribution in [2.45, 2.75) is 13.0 Å². The van der Waals surface area contributed by atoms with Crippen LogP contribution in [0.15, 0.2) is 36.9 Å². The molecule has 4 nitrogen and oxygen atoms in total. The molecule has 0 aromatic carbocycles. The molecule has 0 aliphatic rings. The van der Waals surface area contributed by atoms with Gasteiger partial charge >= 0.3 is 0 Å². The predicted octanol–water partition coefficient (Wildman–Crippen LogP) is 1.49. The minimum atomic E-state index is -0.00528. The second kappa shape index (κ2) is 4.81. The number of hydrogen-bond donors (Lipinski definition) is 1. The van der Waals surface area contributed by atoms with E-state index < -0.39 is 0 Å². The first kappa shape index (κ1) is 10.7. The maximum atomic E-state index is 4.32. The van der Waals surface area contributed by atoms with Gasteiger partial charge in [0.25, 0.3) is 0 Å². The Morgan fingerprint density at radius 1 is 1.19 bits per heavy atom. The highest BCUT2D eigenvalue weighted by Crippen LogP contribution is 2.16. The first-order valence-electron chi connectivity index (χ1n) is 5.17. The van der Waals surface area contributed by atoms with Crippen LogP contribution in [0, 0.1) is 6.92 Å². The second-order valence-electron chi connectivity index (χ2n) is 3.63. The van der Waals surface area contributed by atoms with Gasteiger partial charge in [0, 0.05) is 24.8 Å². The maximum Gasteiger partial charge on any atom is 0.149 e. The summed E-state index contributed by atoms with van der Waals surface area (Å²) in [5.74, 6) is 0.765. The molecule has 0 aliphatic heterocycles. The lowest BCUT2D eigenvalue weighted by atomic mass is 10.1. The molecule has 0 saturated heterocycles. The highest BCUT2D eigenvalue weighted by Gasteiger charge is 2.14. The van der Waals surface area contributed by atoms with Crippen LogP contribution in [0.4, 0.5) is 0 Å². The molecule has 82 valence electrons. The third kappa shape index (κ3) is 2.23. The lowest BCUT2D eigenvalue weighted by molar-refractivity contribution is 0.643. The van der Waals surface area contributed by atoms with Gasteiger partial charge in [-0.15, -0.1) is 0 Å². The summed E-state index contributed by atoms with van der Waals surface area (Å²) in [6.07, 6.45) is 7.22. The van der Waals surface area contributed by atoms with Gasteiger partial charge in [0.05, 0.1) is 6.04 Å². The van der Waals surface area contributed by atoms with Gasteiger partial charge in [0.1, 0.15) is 5.82 Å². The van der Waals surface area contributed by atoms with Gasteiger partial charge < -0.3 is 5.32 Å². The van der Waals surface area contributed by atoms with E-state index in [-0.39, 0.29) is 6.04 Å². The molecule has 1 N–H and O–H groups in total. The SMILES string of the molecule is CNC(c1cccnc1)c1ncc(C)cn1. The molecule has 16 heavy (non-hydrogen) atoms. The second-order valence-corrected chi connectivity index (χ2v) is 3.63. The van der Waals surface area contributed by atoms with Crippen molar-refractivity contribution in [1.29, 1.82) is 0 Å². The van der Waals surface area contributed by atoms with Crippen LogP contribution in [0.2, 0.25) is 0 Å². The van der Waals surface area contributed by atoms with Gasteiger partial charge in [-0.25, -0.2) is 9.97 Å². The Morgan fingerprint density at radius 2 is 1.94 bits per heavy atom. The fourth-order valence-corrected chi connectivity index (χ4v) is 1.54. The average molecular weight is 214 g/mol. The van der Waals surface area contributed by atoms with E-state index in [4.69, 9.17) is 0 Å². The largest absolute Gasteiger partial charge is 0.307 e. The zero-order chi connectivity index (χ0) is 11.4. The molecule has 0 bridgehead atoms. The van der Waals surface area contributed by atoms with E-state index in [1.54, 1.807) is 6.20 Å². The number of pyridine rings is 1. The van der Waals surface area contributed by atoms with Crippen LogP contribution in [0.3, 0.4) is 0 Å². The minimum absolute atomic E-state index is 0.00528. The Morgan fingerprint density at radius 3 is 2.50 bits per heavy atom. The van der Waals surface area contributed by atoms with E-state index in [0.717, 1.165) is 17.0 Å². The molecule has 1 atom stereocenters. The smallest absolute Gasteiger partial charge is 0.149 e. The van der Waals surface area contributed by atoms with E-state index in [1.165, 1.54) is 0 Å². The number of nitrogens with one attached hydrogen (secondary N) is 1. The highest BCUT2D eigenvalue weighted by molar-refractivity contribution is 5.21. The lowest BCUT2D eigenvalue weighted by Gasteiger charge is -2.14. The van der Waals surface area contributed by atoms with Crippen LogP contribution in [-0.4, -0.2) is 22.0 Å². The summed E-state index contributed by atoms with van der Waals surface area (Å²) < 4.78 is 0. The normalized spacial score (nSPS) is 12.4. The Labute approximate surface area is 94.8 Å². The molecule has 2 heterocycles. The molecule has 0 amide bonds. The van der Waals surface area contributed by atoms with E-state index >= 15 is 0 Å². The van der Waals surface area contributed by atoms with Gasteiger partial charge in [0.15, 0.2) is 0 Å². The van der Waals surface area contributed by atoms with Crippen LogP contribution < -0.4 is 5.32 Å². The Bertz CT molecular complexity index is 438. The molecule has 0 radical (unpaired) electrons. The van der Waals surface area contributed by atoms with Crippen molar-refractivity contribution in [3.8, 4) is 0 Å². The van der Waals surface area contributed by atoms with Crippen molar-refractivity contribution in [3.05, 3.63) is 53.9 Å². The van der Waals surface area contributed by atoms with Crippen LogP contribution in [0.25, 0.3) is 0 Å². The van der Waals surface area contributed by atoms with Gasteiger partial charge in [-0.3, -0.25) is 4.98 Å². The Balaban J connectivity index is 2.33. The topological polar surface area (TPSA) is 50.7 Å². The molecule has 0 aliphatic carbocycles. The molecule has 0 fully saturated rings. The Kier molecular flexibility index (Phi) is 3.22. The third-order valence-electron chi connectivity index (χ3n) is 2.37. The van der Waals surface area contributed by atoms with Crippen molar-refractivity contribution in [2.24, 2.45) is 0 Å². The minimum Gasteiger partial charge on any atom is -0.307 e. The number of aryl methyl sites for hydroxylation is 1. The molecular weight excluding hydrogens is 200 g/mol. The number of hydrogen-bond acceptors (Lipinski definition) is 4. The highest BCUT2D eigenvalue weighted by atomic mass is 15.0. The van der Waals surface area contributed by atoms with Crippen LogP contribution >= 0.6 is 0 Å². The molecular formula is C12H14N4. The summed E-state index contributed by atoms with van der Waals surface area (Å²) in [7, 11) is 1.89. The summed E-state index contributed by atoms with van der Waals surface area (Å²) in [6.45, 7) is 1.97. The van der Waals surface area contributed by atoms with Crippen molar-refractivity contribution in [2.75, 3.05) is 7.05 Å². The number of nitrogens with zero attached hydrogens (tertiary/aromatic N) is 3. The first-order valence-corrected chi connectivity index (χ1v) is 5.17. The standard InChI is InChI=1S/C12H14N4/c1-9-6-15-12(16-7-9)11(13-2)10-4-3-5-14-8-10/h3-8,11,13H,1-2H3. The van der Waals surface area contributed by atoms with Crippen molar-refractivity contribution in [3.63, 3.8) is 0 Å². The quantitative estimate of drug-likeness (QED) is 0.841. The molecule has 0 saturated carbocycles. The third-order valence-corrected chi connectivity index (χ3v) is 2.37. The van der Waals surface area contributed by atoms with Crippen LogP contribution in [-0.2, 0) is 0 Å². The summed E-state index contributed by atoms with van der Waals surface area (Å²) in [4.78, 5) is 12.7. The summed E-state index contributed by atoms with van der Waals surface area (Å²) in [5.41, 5.74) is 2.12. The van der Waals surface area contributed by atoms with E-state index in [9.17, 15) is 0 Å². The fraction of sp³-hybridized carbons (Fsp3) is 0.250. The Hall–Kier alpha value is -1.81. The number of aromatic nitrogens is 3. The number of rotatable bonds is 3. The molecule has 2 aromatic rings. The van der Waals surface area contributed by atoms with Gasteiger partial charge in [-0.05, 0) is 31.2 Å². The maximum absolute atomic E-state index is 4.32. The molecule has 1 unspecified atom stereocenters. The molecule has 4 heteroatoms. The first-order chi connectivity index (χ1) is 7.81. The zero-order valence-electron chi connectivity index (χ0n) is 9.38. The molecule has 2 aromatic heterocycles. The van der Waals surface area contributed by atoms with Gasteiger partial charge in [-0.1, -0.05) is 6.07 Å². The van der Waals surface area contributed by atoms with Crippen LogP contribution in [0.1, 0.15) is 23.0 Å². The summed E-state index contributed by atoms with van der Waals surface area (Å²) in [5, 5.41) is 3.19. The average Bonchev–Trinajstić information content (AvgIpc) is 2.34. The molecule has 2 rings (SSSR count). The van der Waals surface area contributed by atoms with E-state index in [2.05, 4.69) is 20.3 Å². The van der Waals surface area contributed by atoms with Gasteiger partial charge in [0.2, 0.25) is 0 Å². The van der Waals surface area contributed by atoms with E-state index in [1.807, 2.05) is 44.7 Å². The molecule has 0 spiro atoms. The van der Waals surface area contributed by atoms with Crippen molar-refractivity contribution in [1.82, 2.24) is 20.3 Å². The van der Waals surface area contributed by atoms with E-state index in [0.29, 0.717) is 0 Å². The summed E-state index contributed by atoms with van der Waals surface area (Å²) >= 11 is 0. The monoisotopic (exact) mass is 214 g/mol. The van der Waals surface area contributed by atoms with Gasteiger partial charge in [-0.2, -0.15) is 0 Å². The van der Waals surface area contributed by atoms with Crippen molar-refractivity contribution < 1.29 is 0 Å². The zero-order valence-corrected chi connectivity index (χ0v) is 9.38. The summed E-state index contributed by atoms with van der Waals surface area (Å²) in [6, 6.07) is 3.92. The predicted molar refractivity (Wildman–Crippen MR) is 61.9 cm³/mol. The van der Waals surface area contributed by atoms with Crippen LogP contribution in [0.5, 0.6) is 0 Å². The fourth-order valence-electron chi connectivity index (χ4n) is 1.54.